The lowest BCUT2D eigenvalue weighted by atomic mass is 9.67. The number of halogens is 5. The van der Waals surface area contributed by atoms with Crippen molar-refractivity contribution < 1.29 is 47.2 Å². The van der Waals surface area contributed by atoms with Gasteiger partial charge in [-0.1, -0.05) is 54.6 Å². The van der Waals surface area contributed by atoms with E-state index in [2.05, 4.69) is 0 Å². The predicted molar refractivity (Wildman–Crippen MR) is 173 cm³/mol. The van der Waals surface area contributed by atoms with Gasteiger partial charge in [0.05, 0.1) is 0 Å². The molecule has 0 radical (unpaired) electrons. The van der Waals surface area contributed by atoms with Crippen molar-refractivity contribution >= 4 is 20.2 Å². The topological polar surface area (TPSA) is 86.7 Å². The Balaban J connectivity index is 1.69. The SMILES string of the molecule is Cc1cc(C(c2ccccc2)(c2cc(C)c(OS(=O)(=O)c3ccc(F)cc3)c(C)c2)C(F)(F)F)cc(C)c1OS(=O)(=O)c1ccc(F)cc1. The first kappa shape index (κ1) is 35.6. The molecular formula is C36H29F5O6S2. The van der Waals surface area contributed by atoms with Crippen LogP contribution in [0.2, 0.25) is 0 Å². The fraction of sp³-hybridized carbons (Fsp3) is 0.167. The lowest BCUT2D eigenvalue weighted by molar-refractivity contribution is -0.166. The quantitative estimate of drug-likeness (QED) is 0.0863. The predicted octanol–water partition coefficient (Wildman–Crippen LogP) is 8.63. The van der Waals surface area contributed by atoms with E-state index >= 15 is 13.2 Å². The van der Waals surface area contributed by atoms with Crippen LogP contribution >= 0.6 is 0 Å². The molecule has 0 aromatic heterocycles. The van der Waals surface area contributed by atoms with Gasteiger partial charge in [-0.2, -0.15) is 30.0 Å². The van der Waals surface area contributed by atoms with E-state index in [9.17, 15) is 25.6 Å². The molecule has 6 nitrogen and oxygen atoms in total. The Morgan fingerprint density at radius 2 is 0.816 bits per heavy atom. The molecular weight excluding hydrogens is 688 g/mol. The minimum absolute atomic E-state index is 0.0732. The van der Waals surface area contributed by atoms with Crippen LogP contribution in [0.4, 0.5) is 22.0 Å². The van der Waals surface area contributed by atoms with Crippen molar-refractivity contribution in [3.8, 4) is 11.5 Å². The number of aryl methyl sites for hydroxylation is 4. The zero-order chi connectivity index (χ0) is 35.9. The summed E-state index contributed by atoms with van der Waals surface area (Å²) in [6.45, 7) is 5.63. The van der Waals surface area contributed by atoms with Gasteiger partial charge in [-0.25, -0.2) is 8.78 Å². The molecule has 0 saturated carbocycles. The summed E-state index contributed by atoms with van der Waals surface area (Å²) < 4.78 is 137. The average Bonchev–Trinajstić information content (AvgIpc) is 3.01. The summed E-state index contributed by atoms with van der Waals surface area (Å²) in [5, 5.41) is 0. The summed E-state index contributed by atoms with van der Waals surface area (Å²) in [5.41, 5.74) is -3.25. The highest BCUT2D eigenvalue weighted by Gasteiger charge is 2.58. The molecule has 0 saturated heterocycles. The summed E-state index contributed by atoms with van der Waals surface area (Å²) >= 11 is 0. The van der Waals surface area contributed by atoms with E-state index in [0.29, 0.717) is 0 Å². The molecule has 0 atom stereocenters. The van der Waals surface area contributed by atoms with Crippen LogP contribution in [0.5, 0.6) is 11.5 Å². The molecule has 256 valence electrons. The second kappa shape index (κ2) is 12.9. The number of benzene rings is 5. The van der Waals surface area contributed by atoms with Crippen LogP contribution in [0.15, 0.2) is 113 Å². The minimum Gasteiger partial charge on any atom is -0.378 e. The van der Waals surface area contributed by atoms with Gasteiger partial charge in [0.15, 0.2) is 0 Å². The van der Waals surface area contributed by atoms with Gasteiger partial charge in [-0.05, 0) is 115 Å². The monoisotopic (exact) mass is 716 g/mol. The molecule has 0 heterocycles. The summed E-state index contributed by atoms with van der Waals surface area (Å²) in [7, 11) is -8.96. The first-order valence-electron chi connectivity index (χ1n) is 14.6. The van der Waals surface area contributed by atoms with Gasteiger partial charge in [0, 0.05) is 0 Å². The van der Waals surface area contributed by atoms with E-state index in [4.69, 9.17) is 8.37 Å². The molecule has 0 amide bonds. The maximum Gasteiger partial charge on any atom is 0.406 e. The Hall–Kier alpha value is -4.75. The third-order valence-corrected chi connectivity index (χ3v) is 10.5. The summed E-state index contributed by atoms with van der Waals surface area (Å²) in [6, 6.07) is 19.7. The van der Waals surface area contributed by atoms with Crippen LogP contribution < -0.4 is 8.37 Å². The van der Waals surface area contributed by atoms with Crippen molar-refractivity contribution in [3.63, 3.8) is 0 Å². The van der Waals surface area contributed by atoms with Gasteiger partial charge in [-0.3, -0.25) is 0 Å². The average molecular weight is 717 g/mol. The van der Waals surface area contributed by atoms with Gasteiger partial charge in [0.25, 0.3) is 0 Å². The second-order valence-electron chi connectivity index (χ2n) is 11.5. The standard InChI is InChI=1S/C36H29F5O6S2/c1-22-18-27(19-23(2)33(22)46-48(42,43)31-14-10-29(37)11-15-31)35(36(39,40)41,26-8-6-5-7-9-26)28-20-24(3)34(25(4)21-28)47-49(44,45)32-16-12-30(38)13-17-32/h5-21H,1-4H3. The van der Waals surface area contributed by atoms with Crippen LogP contribution in [0.25, 0.3) is 0 Å². The number of alkyl halides is 3. The van der Waals surface area contributed by atoms with Crippen LogP contribution in [0, 0.1) is 39.3 Å². The Morgan fingerprint density at radius 1 is 0.490 bits per heavy atom. The maximum atomic E-state index is 15.9. The maximum absolute atomic E-state index is 15.9. The molecule has 0 N–H and O–H groups in total. The zero-order valence-electron chi connectivity index (χ0n) is 26.5. The molecule has 5 rings (SSSR count). The molecule has 5 aromatic carbocycles. The van der Waals surface area contributed by atoms with Crippen molar-refractivity contribution in [2.75, 3.05) is 0 Å². The van der Waals surface area contributed by atoms with Crippen molar-refractivity contribution in [3.05, 3.63) is 154 Å². The van der Waals surface area contributed by atoms with Crippen molar-refractivity contribution in [2.24, 2.45) is 0 Å². The third kappa shape index (κ3) is 6.77. The third-order valence-electron chi connectivity index (χ3n) is 8.01. The fourth-order valence-corrected chi connectivity index (χ4v) is 7.89. The van der Waals surface area contributed by atoms with Gasteiger partial charge < -0.3 is 8.37 Å². The van der Waals surface area contributed by atoms with Crippen LogP contribution in [-0.2, 0) is 25.7 Å². The summed E-state index contributed by atoms with van der Waals surface area (Å²) in [4.78, 5) is -0.694. The minimum atomic E-state index is -5.00. The van der Waals surface area contributed by atoms with E-state index in [0.717, 1.165) is 48.5 Å². The molecule has 0 spiro atoms. The van der Waals surface area contributed by atoms with E-state index < -0.39 is 43.5 Å². The zero-order valence-corrected chi connectivity index (χ0v) is 28.1. The van der Waals surface area contributed by atoms with E-state index in [1.807, 2.05) is 0 Å². The van der Waals surface area contributed by atoms with Gasteiger partial charge in [-0.15, -0.1) is 0 Å². The van der Waals surface area contributed by atoms with E-state index in [1.54, 1.807) is 6.07 Å². The second-order valence-corrected chi connectivity index (χ2v) is 14.6. The highest BCUT2D eigenvalue weighted by molar-refractivity contribution is 7.87. The van der Waals surface area contributed by atoms with Gasteiger partial charge in [0.1, 0.15) is 38.3 Å². The Morgan fingerprint density at radius 3 is 1.12 bits per heavy atom. The van der Waals surface area contributed by atoms with Crippen molar-refractivity contribution in [2.45, 2.75) is 49.1 Å². The number of rotatable bonds is 9. The normalized spacial score (nSPS) is 12.5. The van der Waals surface area contributed by atoms with Crippen LogP contribution in [-0.4, -0.2) is 23.0 Å². The molecule has 0 aliphatic rings. The van der Waals surface area contributed by atoms with Crippen molar-refractivity contribution in [1.82, 2.24) is 0 Å². The molecule has 0 aliphatic heterocycles. The summed E-state index contributed by atoms with van der Waals surface area (Å²) in [5.74, 6) is -1.72. The summed E-state index contributed by atoms with van der Waals surface area (Å²) in [6.07, 6.45) is -5.00. The van der Waals surface area contributed by atoms with E-state index in [1.165, 1.54) is 76.2 Å². The highest BCUT2D eigenvalue weighted by Crippen LogP contribution is 2.53. The number of hydrogen-bond donors (Lipinski definition) is 0. The lowest BCUT2D eigenvalue weighted by Gasteiger charge is -2.38. The van der Waals surface area contributed by atoms with E-state index in [-0.39, 0.29) is 60.2 Å². The first-order valence-corrected chi connectivity index (χ1v) is 17.4. The van der Waals surface area contributed by atoms with Crippen LogP contribution in [0.3, 0.4) is 0 Å². The Kier molecular flexibility index (Phi) is 9.39. The Bertz CT molecular complexity index is 2060. The van der Waals surface area contributed by atoms with Gasteiger partial charge >= 0.3 is 26.4 Å². The smallest absolute Gasteiger partial charge is 0.378 e. The Labute approximate surface area is 281 Å². The fourth-order valence-electron chi connectivity index (χ4n) is 5.79. The highest BCUT2D eigenvalue weighted by atomic mass is 32.2. The molecule has 13 heteroatoms. The van der Waals surface area contributed by atoms with Crippen LogP contribution in [0.1, 0.15) is 38.9 Å². The molecule has 0 bridgehead atoms. The van der Waals surface area contributed by atoms with Gasteiger partial charge in [0.2, 0.25) is 0 Å². The molecule has 0 fully saturated rings. The largest absolute Gasteiger partial charge is 0.406 e. The lowest BCUT2D eigenvalue weighted by Crippen LogP contribution is -2.45. The molecule has 0 unspecified atom stereocenters. The number of hydrogen-bond acceptors (Lipinski definition) is 6. The molecule has 49 heavy (non-hydrogen) atoms. The van der Waals surface area contributed by atoms with Crippen molar-refractivity contribution in [1.29, 1.82) is 0 Å². The first-order chi connectivity index (χ1) is 22.9. The molecule has 5 aromatic rings. The molecule has 0 aliphatic carbocycles.